The summed E-state index contributed by atoms with van der Waals surface area (Å²) in [5.41, 5.74) is 5.29. The summed E-state index contributed by atoms with van der Waals surface area (Å²) in [6, 6.07) is 16.2. The molecule has 1 aromatic heterocycles. The van der Waals surface area contributed by atoms with Crippen LogP contribution in [-0.2, 0) is 6.54 Å². The molecule has 0 amide bonds. The Labute approximate surface area is 136 Å². The third kappa shape index (κ3) is 2.84. The van der Waals surface area contributed by atoms with Gasteiger partial charge in [-0.05, 0) is 30.7 Å². The molecule has 114 valence electrons. The molecule has 0 bridgehead atoms. The van der Waals surface area contributed by atoms with Gasteiger partial charge in [0.25, 0.3) is 0 Å². The van der Waals surface area contributed by atoms with Crippen molar-refractivity contribution in [3.63, 3.8) is 0 Å². The highest BCUT2D eigenvalue weighted by Crippen LogP contribution is 2.34. The Kier molecular flexibility index (Phi) is 4.16. The minimum absolute atomic E-state index is 0.487. The average molecular weight is 302 g/mol. The Morgan fingerprint density at radius 3 is 2.61 bits per heavy atom. The van der Waals surface area contributed by atoms with Crippen molar-refractivity contribution in [1.82, 2.24) is 9.55 Å². The first-order valence-corrected chi connectivity index (χ1v) is 7.43. The fourth-order valence-corrected chi connectivity index (χ4v) is 2.72. The summed E-state index contributed by atoms with van der Waals surface area (Å²) < 4.78 is 7.32. The molecule has 0 aliphatic rings. The molecule has 0 N–H and O–H groups in total. The third-order valence-electron chi connectivity index (χ3n) is 3.84. The average Bonchev–Trinajstić information content (AvgIpc) is 2.99. The van der Waals surface area contributed by atoms with Crippen LogP contribution in [0.5, 0.6) is 5.75 Å². The maximum absolute atomic E-state index is 5.52. The van der Waals surface area contributed by atoms with Crippen LogP contribution in [-0.4, -0.2) is 16.7 Å². The maximum Gasteiger partial charge on any atom is 0.119 e. The second-order valence-electron chi connectivity index (χ2n) is 5.32. The topological polar surface area (TPSA) is 27.1 Å². The molecule has 0 aliphatic heterocycles. The standard InChI is InChI=1S/C20H18N2O/c1-4-12-22-14-21-19(16-8-6-5-7-9-16)20(22)18-11-10-17(23-3)13-15(18)2/h1,5-11,13-14H,12H2,2-3H3. The molecule has 23 heavy (non-hydrogen) atoms. The lowest BCUT2D eigenvalue weighted by Gasteiger charge is -2.12. The first kappa shape index (κ1) is 14.9. The summed E-state index contributed by atoms with van der Waals surface area (Å²) in [6.07, 6.45) is 7.33. The van der Waals surface area contributed by atoms with Gasteiger partial charge in [-0.3, -0.25) is 0 Å². The number of hydrogen-bond donors (Lipinski definition) is 0. The van der Waals surface area contributed by atoms with Crippen molar-refractivity contribution in [3.05, 3.63) is 60.4 Å². The van der Waals surface area contributed by atoms with E-state index in [1.807, 2.05) is 34.9 Å². The van der Waals surface area contributed by atoms with E-state index in [-0.39, 0.29) is 0 Å². The quantitative estimate of drug-likeness (QED) is 0.676. The maximum atomic E-state index is 5.52. The van der Waals surface area contributed by atoms with E-state index in [0.717, 1.165) is 33.8 Å². The predicted octanol–water partition coefficient (Wildman–Crippen LogP) is 4.17. The lowest BCUT2D eigenvalue weighted by molar-refractivity contribution is 0.414. The van der Waals surface area contributed by atoms with E-state index in [1.54, 1.807) is 13.4 Å². The first-order valence-electron chi connectivity index (χ1n) is 7.43. The minimum Gasteiger partial charge on any atom is -0.497 e. The van der Waals surface area contributed by atoms with Crippen molar-refractivity contribution in [1.29, 1.82) is 0 Å². The number of aromatic nitrogens is 2. The zero-order valence-electron chi connectivity index (χ0n) is 13.3. The summed E-state index contributed by atoms with van der Waals surface area (Å²) >= 11 is 0. The minimum atomic E-state index is 0.487. The lowest BCUT2D eigenvalue weighted by Crippen LogP contribution is -1.99. The molecule has 2 aromatic carbocycles. The van der Waals surface area contributed by atoms with E-state index in [4.69, 9.17) is 11.2 Å². The molecular weight excluding hydrogens is 284 g/mol. The molecule has 0 unspecified atom stereocenters. The highest BCUT2D eigenvalue weighted by molar-refractivity contribution is 5.80. The molecule has 0 saturated heterocycles. The predicted molar refractivity (Wildman–Crippen MR) is 93.2 cm³/mol. The van der Waals surface area contributed by atoms with Crippen LogP contribution in [0.2, 0.25) is 0 Å². The molecule has 1 heterocycles. The summed E-state index contributed by atoms with van der Waals surface area (Å²) in [5.74, 6) is 3.54. The van der Waals surface area contributed by atoms with Crippen LogP contribution >= 0.6 is 0 Å². The fourth-order valence-electron chi connectivity index (χ4n) is 2.72. The van der Waals surface area contributed by atoms with Crippen LogP contribution in [0, 0.1) is 19.3 Å². The number of hydrogen-bond acceptors (Lipinski definition) is 2. The van der Waals surface area contributed by atoms with Crippen LogP contribution < -0.4 is 4.74 Å². The number of rotatable bonds is 4. The molecule has 3 aromatic rings. The molecule has 0 fully saturated rings. The largest absolute Gasteiger partial charge is 0.497 e. The van der Waals surface area contributed by atoms with Crippen molar-refractivity contribution in [2.45, 2.75) is 13.5 Å². The normalized spacial score (nSPS) is 10.3. The smallest absolute Gasteiger partial charge is 0.119 e. The fraction of sp³-hybridized carbons (Fsp3) is 0.150. The number of ether oxygens (including phenoxy) is 1. The van der Waals surface area contributed by atoms with Crippen LogP contribution in [0.15, 0.2) is 54.9 Å². The van der Waals surface area contributed by atoms with Gasteiger partial charge < -0.3 is 9.30 Å². The van der Waals surface area contributed by atoms with Crippen molar-refractivity contribution < 1.29 is 4.74 Å². The monoisotopic (exact) mass is 302 g/mol. The SMILES string of the molecule is C#CCn1cnc(-c2ccccc2)c1-c1ccc(OC)cc1C. The summed E-state index contributed by atoms with van der Waals surface area (Å²) in [7, 11) is 1.67. The van der Waals surface area contributed by atoms with Crippen LogP contribution in [0.3, 0.4) is 0 Å². The summed E-state index contributed by atoms with van der Waals surface area (Å²) in [6.45, 7) is 2.56. The number of imidazole rings is 1. The Bertz CT molecular complexity index is 857. The molecule has 0 radical (unpaired) electrons. The Morgan fingerprint density at radius 2 is 1.96 bits per heavy atom. The Hall–Kier alpha value is -2.99. The molecule has 0 saturated carbocycles. The van der Waals surface area contributed by atoms with Crippen molar-refractivity contribution in [3.8, 4) is 40.6 Å². The van der Waals surface area contributed by atoms with E-state index in [0.29, 0.717) is 6.54 Å². The van der Waals surface area contributed by atoms with Gasteiger partial charge in [0, 0.05) is 11.1 Å². The van der Waals surface area contributed by atoms with Gasteiger partial charge in [-0.25, -0.2) is 4.98 Å². The number of benzene rings is 2. The van der Waals surface area contributed by atoms with Gasteiger partial charge in [0.2, 0.25) is 0 Å². The Balaban J connectivity index is 2.21. The van der Waals surface area contributed by atoms with E-state index >= 15 is 0 Å². The molecule has 0 spiro atoms. The summed E-state index contributed by atoms with van der Waals surface area (Å²) in [5, 5.41) is 0. The zero-order valence-corrected chi connectivity index (χ0v) is 13.3. The van der Waals surface area contributed by atoms with Gasteiger partial charge in [-0.1, -0.05) is 36.3 Å². The van der Waals surface area contributed by atoms with Crippen molar-refractivity contribution in [2.24, 2.45) is 0 Å². The second kappa shape index (κ2) is 6.41. The van der Waals surface area contributed by atoms with Gasteiger partial charge in [0.05, 0.1) is 31.4 Å². The van der Waals surface area contributed by atoms with E-state index in [2.05, 4.69) is 36.0 Å². The second-order valence-corrected chi connectivity index (χ2v) is 5.32. The highest BCUT2D eigenvalue weighted by atomic mass is 16.5. The Morgan fingerprint density at radius 1 is 1.17 bits per heavy atom. The molecule has 0 atom stereocenters. The van der Waals surface area contributed by atoms with Crippen LogP contribution in [0.4, 0.5) is 0 Å². The number of aryl methyl sites for hydroxylation is 1. The van der Waals surface area contributed by atoms with Gasteiger partial charge in [-0.2, -0.15) is 0 Å². The molecule has 3 heteroatoms. The van der Waals surface area contributed by atoms with E-state index in [1.165, 1.54) is 0 Å². The first-order chi connectivity index (χ1) is 11.2. The molecule has 3 rings (SSSR count). The highest BCUT2D eigenvalue weighted by Gasteiger charge is 2.16. The summed E-state index contributed by atoms with van der Waals surface area (Å²) in [4.78, 5) is 4.60. The van der Waals surface area contributed by atoms with E-state index in [9.17, 15) is 0 Å². The van der Waals surface area contributed by atoms with E-state index < -0.39 is 0 Å². The molecule has 0 aliphatic carbocycles. The van der Waals surface area contributed by atoms with Crippen LogP contribution in [0.25, 0.3) is 22.5 Å². The van der Waals surface area contributed by atoms with Gasteiger partial charge >= 0.3 is 0 Å². The number of nitrogens with zero attached hydrogens (tertiary/aromatic N) is 2. The molecule has 3 nitrogen and oxygen atoms in total. The number of terminal acetylenes is 1. The van der Waals surface area contributed by atoms with Gasteiger partial charge in [0.15, 0.2) is 0 Å². The van der Waals surface area contributed by atoms with Gasteiger partial charge in [0.1, 0.15) is 5.75 Å². The lowest BCUT2D eigenvalue weighted by atomic mass is 10.0. The number of methoxy groups -OCH3 is 1. The van der Waals surface area contributed by atoms with Crippen molar-refractivity contribution >= 4 is 0 Å². The van der Waals surface area contributed by atoms with Gasteiger partial charge in [-0.15, -0.1) is 6.42 Å². The molecular formula is C20H18N2O. The zero-order chi connectivity index (χ0) is 16.2. The third-order valence-corrected chi connectivity index (χ3v) is 3.84. The van der Waals surface area contributed by atoms with Crippen molar-refractivity contribution in [2.75, 3.05) is 7.11 Å². The van der Waals surface area contributed by atoms with Crippen LogP contribution in [0.1, 0.15) is 5.56 Å².